The lowest BCUT2D eigenvalue weighted by atomic mass is 9.54. The Kier molecular flexibility index (Phi) is 3.84. The van der Waals surface area contributed by atoms with Crippen molar-refractivity contribution in [1.82, 2.24) is 15.2 Å². The molecule has 0 radical (unpaired) electrons. The number of rotatable bonds is 3. The molecule has 0 bridgehead atoms. The fraction of sp³-hybridized carbons (Fsp3) is 0.722. The molecule has 3 atom stereocenters. The van der Waals surface area contributed by atoms with E-state index in [2.05, 4.69) is 33.3 Å². The van der Waals surface area contributed by atoms with Crippen LogP contribution in [0.2, 0.25) is 0 Å². The first-order valence-corrected chi connectivity index (χ1v) is 8.93. The highest BCUT2D eigenvalue weighted by Crippen LogP contribution is 2.60. The third-order valence-electron chi connectivity index (χ3n) is 6.21. The van der Waals surface area contributed by atoms with Crippen LogP contribution in [0, 0.1) is 11.3 Å². The first-order chi connectivity index (χ1) is 11.2. The van der Waals surface area contributed by atoms with Gasteiger partial charge in [-0.25, -0.2) is 0 Å². The second kappa shape index (κ2) is 5.86. The molecule has 2 N–H and O–H groups in total. The van der Waals surface area contributed by atoms with Crippen LogP contribution in [-0.4, -0.2) is 48.7 Å². The predicted molar refractivity (Wildman–Crippen MR) is 91.3 cm³/mol. The summed E-state index contributed by atoms with van der Waals surface area (Å²) in [7, 11) is 3.99. The molecule has 3 fully saturated rings. The molecule has 1 spiro atoms. The number of H-pyrrole nitrogens is 1. The predicted octanol–water partition coefficient (Wildman–Crippen LogP) is 2.37. The summed E-state index contributed by atoms with van der Waals surface area (Å²) in [6.45, 7) is 1.78. The van der Waals surface area contributed by atoms with Crippen LogP contribution in [0.25, 0.3) is 0 Å². The topological polar surface area (TPSA) is 52.7 Å². The molecule has 2 heterocycles. The second-order valence-corrected chi connectivity index (χ2v) is 7.40. The molecule has 2 saturated carbocycles. The summed E-state index contributed by atoms with van der Waals surface area (Å²) in [5.74, 6) is 1.67. The number of aromatic amines is 1. The average molecular weight is 316 g/mol. The van der Waals surface area contributed by atoms with Gasteiger partial charge in [0, 0.05) is 50.0 Å². The lowest BCUT2D eigenvalue weighted by molar-refractivity contribution is -0.125. The van der Waals surface area contributed by atoms with Crippen LogP contribution in [-0.2, 0) is 11.3 Å². The van der Waals surface area contributed by atoms with E-state index in [1.54, 1.807) is 0 Å². The molecule has 0 aromatic carbocycles. The molecule has 1 saturated heterocycles. The standard InChI is InChI=1S/C18H28N4O/c1-19-17(22(2)12-13-6-5-10-20-13)21-15-14-7-11-23-16(14)18(15)8-3-4-9-18/h5-6,10,14-16,20H,3-4,7-9,11-12H2,1-2H3,(H,19,21). The highest BCUT2D eigenvalue weighted by Gasteiger charge is 2.65. The Labute approximate surface area is 138 Å². The van der Waals surface area contributed by atoms with E-state index in [0.717, 1.165) is 19.1 Å². The molecule has 1 aromatic heterocycles. The van der Waals surface area contributed by atoms with Gasteiger partial charge in [0.25, 0.3) is 0 Å². The Morgan fingerprint density at radius 3 is 3.00 bits per heavy atom. The molecule has 3 aliphatic rings. The first-order valence-electron chi connectivity index (χ1n) is 8.93. The third kappa shape index (κ3) is 2.36. The van der Waals surface area contributed by atoms with Crippen LogP contribution < -0.4 is 5.32 Å². The van der Waals surface area contributed by atoms with Crippen LogP contribution in [0.4, 0.5) is 0 Å². The van der Waals surface area contributed by atoms with E-state index in [-0.39, 0.29) is 0 Å². The van der Waals surface area contributed by atoms with Crippen molar-refractivity contribution in [1.29, 1.82) is 0 Å². The summed E-state index contributed by atoms with van der Waals surface area (Å²) in [5, 5.41) is 3.80. The Bertz CT molecular complexity index is 562. The van der Waals surface area contributed by atoms with Gasteiger partial charge in [-0.3, -0.25) is 4.99 Å². The van der Waals surface area contributed by atoms with Crippen molar-refractivity contribution in [2.75, 3.05) is 20.7 Å². The molecule has 126 valence electrons. The van der Waals surface area contributed by atoms with E-state index >= 15 is 0 Å². The van der Waals surface area contributed by atoms with Crippen molar-refractivity contribution in [3.8, 4) is 0 Å². The quantitative estimate of drug-likeness (QED) is 0.665. The van der Waals surface area contributed by atoms with E-state index in [0.29, 0.717) is 23.5 Å². The van der Waals surface area contributed by atoms with E-state index < -0.39 is 0 Å². The Morgan fingerprint density at radius 2 is 2.30 bits per heavy atom. The van der Waals surface area contributed by atoms with E-state index in [9.17, 15) is 0 Å². The summed E-state index contributed by atoms with van der Waals surface area (Å²) < 4.78 is 6.08. The number of nitrogens with one attached hydrogen (secondary N) is 2. The van der Waals surface area contributed by atoms with Crippen LogP contribution in [0.15, 0.2) is 23.3 Å². The summed E-state index contributed by atoms with van der Waals surface area (Å²) in [6, 6.07) is 4.69. The zero-order chi connectivity index (χ0) is 15.9. The normalized spacial score (nSPS) is 31.9. The van der Waals surface area contributed by atoms with Crippen molar-refractivity contribution < 1.29 is 4.74 Å². The third-order valence-corrected chi connectivity index (χ3v) is 6.21. The minimum Gasteiger partial charge on any atom is -0.377 e. The van der Waals surface area contributed by atoms with Gasteiger partial charge in [0.2, 0.25) is 0 Å². The number of ether oxygens (including phenoxy) is 1. The molecule has 2 aliphatic carbocycles. The minimum atomic E-state index is 0.365. The maximum absolute atomic E-state index is 6.08. The van der Waals surface area contributed by atoms with E-state index in [1.165, 1.54) is 37.8 Å². The van der Waals surface area contributed by atoms with Crippen LogP contribution in [0.3, 0.4) is 0 Å². The maximum Gasteiger partial charge on any atom is 0.193 e. The number of hydrogen-bond donors (Lipinski definition) is 2. The van der Waals surface area contributed by atoms with Gasteiger partial charge in [-0.15, -0.1) is 0 Å². The minimum absolute atomic E-state index is 0.365. The summed E-state index contributed by atoms with van der Waals surface area (Å²) >= 11 is 0. The van der Waals surface area contributed by atoms with Gasteiger partial charge >= 0.3 is 0 Å². The summed E-state index contributed by atoms with van der Waals surface area (Å²) in [5.41, 5.74) is 1.58. The van der Waals surface area contributed by atoms with Crippen LogP contribution >= 0.6 is 0 Å². The molecular formula is C18H28N4O. The molecule has 1 aromatic rings. The Hall–Kier alpha value is -1.49. The average Bonchev–Trinajstić information content (AvgIpc) is 3.28. The number of nitrogens with zero attached hydrogens (tertiary/aromatic N) is 2. The highest BCUT2D eigenvalue weighted by molar-refractivity contribution is 5.80. The fourth-order valence-electron chi connectivity index (χ4n) is 5.18. The van der Waals surface area contributed by atoms with Gasteiger partial charge in [-0.1, -0.05) is 12.8 Å². The Balaban J connectivity index is 1.47. The summed E-state index contributed by atoms with van der Waals surface area (Å²) in [4.78, 5) is 10.0. The molecule has 4 rings (SSSR count). The van der Waals surface area contributed by atoms with E-state index in [4.69, 9.17) is 4.74 Å². The lowest BCUT2D eigenvalue weighted by Crippen LogP contribution is -2.69. The van der Waals surface area contributed by atoms with Gasteiger partial charge in [-0.05, 0) is 31.4 Å². The highest BCUT2D eigenvalue weighted by atomic mass is 16.5. The number of aliphatic imine (C=N–C) groups is 1. The van der Waals surface area contributed by atoms with E-state index in [1.807, 2.05) is 19.3 Å². The van der Waals surface area contributed by atoms with Crippen molar-refractivity contribution in [3.05, 3.63) is 24.0 Å². The van der Waals surface area contributed by atoms with Gasteiger partial charge < -0.3 is 19.9 Å². The fourth-order valence-corrected chi connectivity index (χ4v) is 5.18. The number of hydrogen-bond acceptors (Lipinski definition) is 2. The SMILES string of the molecule is CN=C(NC1C2CCOC2C12CCCC2)N(C)Cc1ccc[nH]1. The molecular weight excluding hydrogens is 288 g/mol. The largest absolute Gasteiger partial charge is 0.377 e. The number of aromatic nitrogens is 1. The molecule has 5 nitrogen and oxygen atoms in total. The van der Waals surface area contributed by atoms with Crippen molar-refractivity contribution in [2.45, 2.75) is 50.8 Å². The maximum atomic E-state index is 6.08. The monoisotopic (exact) mass is 316 g/mol. The molecule has 23 heavy (non-hydrogen) atoms. The smallest absolute Gasteiger partial charge is 0.193 e. The van der Waals surface area contributed by atoms with Crippen LogP contribution in [0.5, 0.6) is 0 Å². The first kappa shape index (κ1) is 15.1. The Morgan fingerprint density at radius 1 is 1.48 bits per heavy atom. The van der Waals surface area contributed by atoms with Gasteiger partial charge in [0.15, 0.2) is 5.96 Å². The molecule has 3 unspecified atom stereocenters. The summed E-state index contributed by atoms with van der Waals surface area (Å²) in [6.07, 6.45) is 8.98. The van der Waals surface area contributed by atoms with Crippen LogP contribution in [0.1, 0.15) is 37.8 Å². The molecule has 5 heteroatoms. The number of fused-ring (bicyclic) bond motifs is 2. The number of guanidine groups is 1. The van der Waals surface area contributed by atoms with Crippen molar-refractivity contribution in [3.63, 3.8) is 0 Å². The molecule has 0 amide bonds. The lowest BCUT2D eigenvalue weighted by Gasteiger charge is -2.57. The zero-order valence-corrected chi connectivity index (χ0v) is 14.2. The van der Waals surface area contributed by atoms with Gasteiger partial charge in [-0.2, -0.15) is 0 Å². The van der Waals surface area contributed by atoms with Crippen molar-refractivity contribution >= 4 is 5.96 Å². The van der Waals surface area contributed by atoms with Gasteiger partial charge in [0.1, 0.15) is 0 Å². The second-order valence-electron chi connectivity index (χ2n) is 7.40. The van der Waals surface area contributed by atoms with Gasteiger partial charge in [0.05, 0.1) is 12.6 Å². The zero-order valence-electron chi connectivity index (χ0n) is 14.2. The van der Waals surface area contributed by atoms with Crippen molar-refractivity contribution in [2.24, 2.45) is 16.3 Å². The molecule has 1 aliphatic heterocycles.